The maximum atomic E-state index is 13.3. The van der Waals surface area contributed by atoms with Crippen molar-refractivity contribution in [2.24, 2.45) is 0 Å². The van der Waals surface area contributed by atoms with Crippen LogP contribution < -0.4 is 4.74 Å². The van der Waals surface area contributed by atoms with Crippen LogP contribution >= 0.6 is 0 Å². The molecule has 2 rings (SSSR count). The summed E-state index contributed by atoms with van der Waals surface area (Å²) in [6.45, 7) is 7.80. The Bertz CT molecular complexity index is 742. The summed E-state index contributed by atoms with van der Waals surface area (Å²) in [4.78, 5) is 14.8. The van der Waals surface area contributed by atoms with Gasteiger partial charge in [-0.2, -0.15) is 4.31 Å². The van der Waals surface area contributed by atoms with E-state index in [1.165, 1.54) is 13.2 Å². The van der Waals surface area contributed by atoms with E-state index in [1.807, 2.05) is 20.8 Å². The summed E-state index contributed by atoms with van der Waals surface area (Å²) in [5, 5.41) is 0. The van der Waals surface area contributed by atoms with E-state index in [9.17, 15) is 13.2 Å². The zero-order valence-electron chi connectivity index (χ0n) is 16.9. The molecular weight excluding hydrogens is 364 g/mol. The number of methoxy groups -OCH3 is 1. The summed E-state index contributed by atoms with van der Waals surface area (Å²) >= 11 is 0. The Balaban J connectivity index is 2.44. The molecular formula is C20H32N2O4S. The number of benzene rings is 1. The van der Waals surface area contributed by atoms with E-state index in [1.54, 1.807) is 21.3 Å². The fraction of sp³-hybridized carbons (Fsp3) is 0.650. The summed E-state index contributed by atoms with van der Waals surface area (Å²) < 4.78 is 33.4. The number of sulfonamides is 1. The van der Waals surface area contributed by atoms with Crippen LogP contribution in [0.25, 0.3) is 0 Å². The van der Waals surface area contributed by atoms with Gasteiger partial charge < -0.3 is 9.64 Å². The molecule has 0 aliphatic carbocycles. The topological polar surface area (TPSA) is 66.9 Å². The monoisotopic (exact) mass is 396 g/mol. The smallest absolute Gasteiger partial charge is 0.253 e. The lowest BCUT2D eigenvalue weighted by atomic mass is 10.1. The average molecular weight is 397 g/mol. The number of piperidine rings is 1. The van der Waals surface area contributed by atoms with Gasteiger partial charge in [0.15, 0.2) is 0 Å². The third-order valence-electron chi connectivity index (χ3n) is 5.01. The number of nitrogens with zero attached hydrogens (tertiary/aromatic N) is 2. The number of hydrogen-bond acceptors (Lipinski definition) is 4. The Kier molecular flexibility index (Phi) is 7.68. The third-order valence-corrected chi connectivity index (χ3v) is 7.05. The lowest BCUT2D eigenvalue weighted by molar-refractivity contribution is 0.0755. The highest BCUT2D eigenvalue weighted by Gasteiger charge is 2.33. The summed E-state index contributed by atoms with van der Waals surface area (Å²) in [5.74, 6) is 0.145. The average Bonchev–Trinajstić information content (AvgIpc) is 2.67. The van der Waals surface area contributed by atoms with E-state index in [0.717, 1.165) is 32.1 Å². The molecule has 0 N–H and O–H groups in total. The molecule has 1 saturated heterocycles. The Morgan fingerprint density at radius 3 is 2.44 bits per heavy atom. The Hall–Kier alpha value is -1.60. The second kappa shape index (κ2) is 9.55. The zero-order valence-corrected chi connectivity index (χ0v) is 17.7. The number of hydrogen-bond donors (Lipinski definition) is 0. The predicted molar refractivity (Wildman–Crippen MR) is 107 cm³/mol. The van der Waals surface area contributed by atoms with Gasteiger partial charge >= 0.3 is 0 Å². The highest BCUT2D eigenvalue weighted by molar-refractivity contribution is 7.89. The summed E-state index contributed by atoms with van der Waals surface area (Å²) in [5.41, 5.74) is 0.390. The van der Waals surface area contributed by atoms with Crippen molar-refractivity contribution in [3.05, 3.63) is 23.8 Å². The molecule has 27 heavy (non-hydrogen) atoms. The fourth-order valence-electron chi connectivity index (χ4n) is 3.60. The minimum Gasteiger partial charge on any atom is -0.495 e. The molecule has 7 heteroatoms. The molecule has 152 valence electrons. The van der Waals surface area contributed by atoms with Crippen molar-refractivity contribution in [2.45, 2.75) is 63.8 Å². The van der Waals surface area contributed by atoms with Crippen LogP contribution in [0.5, 0.6) is 5.75 Å². The number of ether oxygens (including phenoxy) is 1. The summed E-state index contributed by atoms with van der Waals surface area (Å²) in [7, 11) is -2.27. The molecule has 0 bridgehead atoms. The molecule has 0 spiro atoms. The minimum atomic E-state index is -3.72. The van der Waals surface area contributed by atoms with E-state index < -0.39 is 10.0 Å². The molecule has 1 fully saturated rings. The van der Waals surface area contributed by atoms with Gasteiger partial charge in [-0.15, -0.1) is 0 Å². The molecule has 1 heterocycles. The second-order valence-electron chi connectivity index (χ2n) is 7.12. The van der Waals surface area contributed by atoms with Crippen molar-refractivity contribution >= 4 is 15.9 Å². The van der Waals surface area contributed by atoms with Crippen molar-refractivity contribution < 1.29 is 17.9 Å². The van der Waals surface area contributed by atoms with Crippen LogP contribution in [0, 0.1) is 0 Å². The molecule has 0 radical (unpaired) electrons. The zero-order chi connectivity index (χ0) is 20.0. The van der Waals surface area contributed by atoms with Gasteiger partial charge in [-0.25, -0.2) is 8.42 Å². The van der Waals surface area contributed by atoms with E-state index in [-0.39, 0.29) is 22.6 Å². The first-order valence-corrected chi connectivity index (χ1v) is 11.3. The SMILES string of the molecule is CCCN(CCC)C(=O)c1ccc(OC)c(S(=O)(=O)N2CCCCC2C)c1. The van der Waals surface area contributed by atoms with Crippen LogP contribution in [0.1, 0.15) is 63.2 Å². The van der Waals surface area contributed by atoms with Crippen LogP contribution in [-0.2, 0) is 10.0 Å². The molecule has 0 saturated carbocycles. The minimum absolute atomic E-state index is 0.0514. The third kappa shape index (κ3) is 4.82. The van der Waals surface area contributed by atoms with Crippen molar-refractivity contribution in [1.82, 2.24) is 9.21 Å². The lowest BCUT2D eigenvalue weighted by Gasteiger charge is -2.32. The largest absolute Gasteiger partial charge is 0.495 e. The van der Waals surface area contributed by atoms with Crippen molar-refractivity contribution in [1.29, 1.82) is 0 Å². The van der Waals surface area contributed by atoms with Crippen LogP contribution in [0.2, 0.25) is 0 Å². The molecule has 6 nitrogen and oxygen atoms in total. The molecule has 1 aliphatic heterocycles. The van der Waals surface area contributed by atoms with Gasteiger partial charge in [0.2, 0.25) is 10.0 Å². The maximum Gasteiger partial charge on any atom is 0.253 e. The quantitative estimate of drug-likeness (QED) is 0.674. The van der Waals surface area contributed by atoms with Crippen LogP contribution in [0.15, 0.2) is 23.1 Å². The van der Waals surface area contributed by atoms with E-state index in [0.29, 0.717) is 25.2 Å². The van der Waals surface area contributed by atoms with E-state index >= 15 is 0 Å². The van der Waals surface area contributed by atoms with Crippen molar-refractivity contribution in [3.8, 4) is 5.75 Å². The van der Waals surface area contributed by atoms with E-state index in [2.05, 4.69) is 0 Å². The molecule has 1 unspecified atom stereocenters. The molecule has 1 aromatic rings. The normalized spacial score (nSPS) is 18.3. The lowest BCUT2D eigenvalue weighted by Crippen LogP contribution is -2.42. The van der Waals surface area contributed by atoms with Crippen LogP contribution in [-0.4, -0.2) is 56.3 Å². The fourth-order valence-corrected chi connectivity index (χ4v) is 5.49. The van der Waals surface area contributed by atoms with Gasteiger partial charge in [-0.1, -0.05) is 20.3 Å². The molecule has 1 aliphatic rings. The summed E-state index contributed by atoms with van der Waals surface area (Å²) in [6, 6.07) is 4.67. The second-order valence-corrected chi connectivity index (χ2v) is 8.98. The predicted octanol–water partition coefficient (Wildman–Crippen LogP) is 3.52. The molecule has 0 aromatic heterocycles. The number of amides is 1. The Morgan fingerprint density at radius 2 is 1.89 bits per heavy atom. The number of carbonyl (C=O) groups excluding carboxylic acids is 1. The first kappa shape index (κ1) is 21.7. The Morgan fingerprint density at radius 1 is 1.22 bits per heavy atom. The van der Waals surface area contributed by atoms with Crippen LogP contribution in [0.3, 0.4) is 0 Å². The molecule has 1 amide bonds. The highest BCUT2D eigenvalue weighted by Crippen LogP contribution is 2.32. The van der Waals surface area contributed by atoms with Gasteiger partial charge in [0.05, 0.1) is 7.11 Å². The van der Waals surface area contributed by atoms with Gasteiger partial charge in [0.1, 0.15) is 10.6 Å². The maximum absolute atomic E-state index is 13.3. The van der Waals surface area contributed by atoms with Gasteiger partial charge in [0, 0.05) is 31.2 Å². The van der Waals surface area contributed by atoms with Crippen molar-refractivity contribution in [2.75, 3.05) is 26.7 Å². The number of carbonyl (C=O) groups is 1. The first-order chi connectivity index (χ1) is 12.9. The number of rotatable bonds is 8. The summed E-state index contributed by atoms with van der Waals surface area (Å²) in [6.07, 6.45) is 4.45. The van der Waals surface area contributed by atoms with E-state index in [4.69, 9.17) is 4.74 Å². The Labute approximate surface area is 163 Å². The molecule has 1 atom stereocenters. The molecule has 1 aromatic carbocycles. The first-order valence-electron chi connectivity index (χ1n) is 9.85. The standard InChI is InChI=1S/C20H32N2O4S/c1-5-12-21(13-6-2)20(23)17-10-11-18(26-4)19(15-17)27(24,25)22-14-8-7-9-16(22)3/h10-11,15-16H,5-9,12-14H2,1-4H3. The van der Waals surface area contributed by atoms with Gasteiger partial charge in [-0.05, 0) is 50.8 Å². The van der Waals surface area contributed by atoms with Gasteiger partial charge in [0.25, 0.3) is 5.91 Å². The van der Waals surface area contributed by atoms with Crippen molar-refractivity contribution in [3.63, 3.8) is 0 Å². The van der Waals surface area contributed by atoms with Crippen LogP contribution in [0.4, 0.5) is 0 Å². The highest BCUT2D eigenvalue weighted by atomic mass is 32.2. The van der Waals surface area contributed by atoms with Gasteiger partial charge in [-0.3, -0.25) is 4.79 Å².